The molecule has 1 aromatic heterocycles. The lowest BCUT2D eigenvalue weighted by Gasteiger charge is -2.15. The normalized spacial score (nSPS) is 13.2. The van der Waals surface area contributed by atoms with Crippen LogP contribution >= 0.6 is 11.8 Å². The number of fused-ring (bicyclic) bond motifs is 1. The second-order valence-electron chi connectivity index (χ2n) is 6.93. The first-order chi connectivity index (χ1) is 15.3. The Morgan fingerprint density at radius 1 is 1.16 bits per heavy atom. The molecule has 2 heterocycles. The van der Waals surface area contributed by atoms with Crippen molar-refractivity contribution < 1.29 is 22.7 Å². The summed E-state index contributed by atoms with van der Waals surface area (Å²) in [6, 6.07) is 12.2. The summed E-state index contributed by atoms with van der Waals surface area (Å²) in [6.45, 7) is 3.89. The number of anilines is 3. The zero-order valence-corrected chi connectivity index (χ0v) is 17.9. The van der Waals surface area contributed by atoms with E-state index in [0.29, 0.717) is 30.8 Å². The molecule has 0 unspecified atom stereocenters. The minimum atomic E-state index is -4.47. The number of amides is 1. The number of benzene rings is 2. The van der Waals surface area contributed by atoms with E-state index in [-0.39, 0.29) is 11.4 Å². The zero-order chi connectivity index (χ0) is 22.7. The molecule has 0 saturated carbocycles. The molecule has 0 aliphatic carbocycles. The highest BCUT2D eigenvalue weighted by atomic mass is 32.2. The van der Waals surface area contributed by atoms with Gasteiger partial charge in [-0.05, 0) is 49.4 Å². The van der Waals surface area contributed by atoms with E-state index >= 15 is 0 Å². The third-order valence-electron chi connectivity index (χ3n) is 4.75. The van der Waals surface area contributed by atoms with E-state index in [2.05, 4.69) is 15.5 Å². The Morgan fingerprint density at radius 3 is 2.66 bits per heavy atom. The highest BCUT2D eigenvalue weighted by Crippen LogP contribution is 2.33. The van der Waals surface area contributed by atoms with Crippen LogP contribution in [0.15, 0.2) is 53.7 Å². The van der Waals surface area contributed by atoms with Crippen LogP contribution in [0.5, 0.6) is 5.75 Å². The van der Waals surface area contributed by atoms with Crippen LogP contribution in [-0.4, -0.2) is 39.6 Å². The van der Waals surface area contributed by atoms with Crippen LogP contribution in [0, 0.1) is 0 Å². The number of halogens is 3. The van der Waals surface area contributed by atoms with E-state index in [9.17, 15) is 18.0 Å². The van der Waals surface area contributed by atoms with Crippen molar-refractivity contribution in [2.24, 2.45) is 0 Å². The molecule has 1 aliphatic heterocycles. The highest BCUT2D eigenvalue weighted by Gasteiger charge is 2.30. The summed E-state index contributed by atoms with van der Waals surface area (Å²) in [6.07, 6.45) is -4.47. The molecular formula is C21H20F3N5O2S. The predicted molar refractivity (Wildman–Crippen MR) is 115 cm³/mol. The van der Waals surface area contributed by atoms with Crippen molar-refractivity contribution >= 4 is 35.0 Å². The fourth-order valence-corrected chi connectivity index (χ4v) is 4.08. The van der Waals surface area contributed by atoms with Gasteiger partial charge in [0.05, 0.1) is 17.9 Å². The number of nitrogens with one attached hydrogen (secondary N) is 1. The number of carbonyl (C=O) groups is 1. The predicted octanol–water partition coefficient (Wildman–Crippen LogP) is 4.58. The van der Waals surface area contributed by atoms with Gasteiger partial charge in [0.1, 0.15) is 5.75 Å². The van der Waals surface area contributed by atoms with Crippen molar-refractivity contribution in [2.75, 3.05) is 29.1 Å². The fraction of sp³-hybridized carbons (Fsp3) is 0.286. The third kappa shape index (κ3) is 4.82. The van der Waals surface area contributed by atoms with Crippen molar-refractivity contribution in [1.29, 1.82) is 0 Å². The van der Waals surface area contributed by atoms with Crippen LogP contribution in [0.25, 0.3) is 0 Å². The molecule has 11 heteroatoms. The lowest BCUT2D eigenvalue weighted by molar-refractivity contribution is -0.137. The van der Waals surface area contributed by atoms with Crippen LogP contribution in [-0.2, 0) is 17.5 Å². The Kier molecular flexibility index (Phi) is 6.26. The smallest absolute Gasteiger partial charge is 0.416 e. The van der Waals surface area contributed by atoms with E-state index in [4.69, 9.17) is 4.74 Å². The number of alkyl halides is 3. The van der Waals surface area contributed by atoms with Crippen molar-refractivity contribution in [2.45, 2.75) is 24.8 Å². The maximum absolute atomic E-state index is 12.8. The summed E-state index contributed by atoms with van der Waals surface area (Å²) in [7, 11) is 0. The van der Waals surface area contributed by atoms with Crippen molar-refractivity contribution in [3.05, 3.63) is 54.1 Å². The molecule has 1 amide bonds. The second-order valence-corrected chi connectivity index (χ2v) is 7.87. The number of nitrogens with zero attached hydrogens (tertiary/aromatic N) is 4. The van der Waals surface area contributed by atoms with Gasteiger partial charge in [-0.3, -0.25) is 9.36 Å². The SMILES string of the molecule is CCOc1ccc(N2CCn3c(SCC(=O)Nc4cccc(C(F)(F)F)c4)nnc32)cc1. The maximum atomic E-state index is 12.8. The Morgan fingerprint density at radius 2 is 1.94 bits per heavy atom. The van der Waals surface area contributed by atoms with E-state index in [1.165, 1.54) is 23.9 Å². The van der Waals surface area contributed by atoms with Crippen molar-refractivity contribution in [3.63, 3.8) is 0 Å². The van der Waals surface area contributed by atoms with Crippen molar-refractivity contribution in [1.82, 2.24) is 14.8 Å². The molecule has 3 aromatic rings. The van der Waals surface area contributed by atoms with E-state index in [0.717, 1.165) is 23.6 Å². The first-order valence-corrected chi connectivity index (χ1v) is 10.9. The minimum Gasteiger partial charge on any atom is -0.494 e. The maximum Gasteiger partial charge on any atom is 0.416 e. The molecule has 1 aliphatic rings. The molecule has 7 nitrogen and oxygen atoms in total. The number of ether oxygens (including phenoxy) is 1. The van der Waals surface area contributed by atoms with Gasteiger partial charge in [-0.15, -0.1) is 10.2 Å². The Labute approximate surface area is 186 Å². The molecule has 1 N–H and O–H groups in total. The molecule has 2 aromatic carbocycles. The molecule has 0 fully saturated rings. The minimum absolute atomic E-state index is 0.00255. The lowest BCUT2D eigenvalue weighted by atomic mass is 10.2. The number of carbonyl (C=O) groups excluding carboxylic acids is 1. The molecular weight excluding hydrogens is 443 g/mol. The second kappa shape index (κ2) is 9.11. The number of hydrogen-bond acceptors (Lipinski definition) is 6. The van der Waals surface area contributed by atoms with Crippen LogP contribution in [0.1, 0.15) is 12.5 Å². The number of hydrogen-bond donors (Lipinski definition) is 1. The first-order valence-electron chi connectivity index (χ1n) is 9.88. The quantitative estimate of drug-likeness (QED) is 0.518. The average molecular weight is 463 g/mol. The lowest BCUT2D eigenvalue weighted by Crippen LogP contribution is -2.15. The molecule has 0 saturated heterocycles. The van der Waals surface area contributed by atoms with Gasteiger partial charge in [-0.2, -0.15) is 13.2 Å². The van der Waals surface area contributed by atoms with Gasteiger partial charge in [-0.1, -0.05) is 17.8 Å². The van der Waals surface area contributed by atoms with E-state index < -0.39 is 17.6 Å². The summed E-state index contributed by atoms with van der Waals surface area (Å²) in [5.74, 6) is 1.04. The molecule has 32 heavy (non-hydrogen) atoms. The highest BCUT2D eigenvalue weighted by molar-refractivity contribution is 7.99. The Bertz CT molecular complexity index is 1100. The van der Waals surface area contributed by atoms with E-state index in [1.54, 1.807) is 0 Å². The average Bonchev–Trinajstić information content (AvgIpc) is 3.35. The molecule has 0 atom stereocenters. The van der Waals surface area contributed by atoms with Gasteiger partial charge in [-0.25, -0.2) is 0 Å². The van der Waals surface area contributed by atoms with Crippen molar-refractivity contribution in [3.8, 4) is 5.75 Å². The number of thioether (sulfide) groups is 1. The van der Waals surface area contributed by atoms with Crippen LogP contribution in [0.3, 0.4) is 0 Å². The summed E-state index contributed by atoms with van der Waals surface area (Å²) in [5, 5.41) is 11.5. The summed E-state index contributed by atoms with van der Waals surface area (Å²) in [5.41, 5.74) is 0.240. The summed E-state index contributed by atoms with van der Waals surface area (Å²) >= 11 is 1.18. The van der Waals surface area contributed by atoms with Crippen LogP contribution < -0.4 is 15.0 Å². The molecule has 0 spiro atoms. The summed E-state index contributed by atoms with van der Waals surface area (Å²) in [4.78, 5) is 14.3. The fourth-order valence-electron chi connectivity index (χ4n) is 3.32. The zero-order valence-electron chi connectivity index (χ0n) is 17.1. The molecule has 0 radical (unpaired) electrons. The van der Waals surface area contributed by atoms with Crippen LogP contribution in [0.4, 0.5) is 30.5 Å². The number of aromatic nitrogens is 3. The van der Waals surface area contributed by atoms with Gasteiger partial charge in [0.2, 0.25) is 11.9 Å². The topological polar surface area (TPSA) is 72.3 Å². The monoisotopic (exact) mass is 463 g/mol. The van der Waals surface area contributed by atoms with Gasteiger partial charge in [0.15, 0.2) is 5.16 Å². The Balaban J connectivity index is 1.38. The molecule has 0 bridgehead atoms. The van der Waals surface area contributed by atoms with E-state index in [1.807, 2.05) is 40.7 Å². The molecule has 4 rings (SSSR count). The molecule has 168 valence electrons. The van der Waals surface area contributed by atoms with Crippen LogP contribution in [0.2, 0.25) is 0 Å². The third-order valence-corrected chi connectivity index (χ3v) is 5.72. The van der Waals surface area contributed by atoms with Gasteiger partial charge in [0, 0.05) is 24.5 Å². The first kappa shape index (κ1) is 22.0. The largest absolute Gasteiger partial charge is 0.494 e. The van der Waals surface area contributed by atoms with Gasteiger partial charge in [0.25, 0.3) is 0 Å². The van der Waals surface area contributed by atoms with Gasteiger partial charge < -0.3 is 15.0 Å². The summed E-state index contributed by atoms with van der Waals surface area (Å²) < 4.78 is 45.9. The standard InChI is InChI=1S/C21H20F3N5O2S/c1-2-31-17-8-6-16(7-9-17)28-10-11-29-19(28)26-27-20(29)32-13-18(30)25-15-5-3-4-14(12-15)21(22,23)24/h3-9,12H,2,10-11,13H2,1H3,(H,25,30). The van der Waals surface area contributed by atoms with Gasteiger partial charge >= 0.3 is 6.18 Å². The Hall–Kier alpha value is -3.21. The number of rotatable bonds is 7.